The number of hydrogen-bond acceptors (Lipinski definition) is 7. The number of amides is 2. The van der Waals surface area contributed by atoms with Crippen LogP contribution in [0.25, 0.3) is 11.2 Å². The van der Waals surface area contributed by atoms with Crippen molar-refractivity contribution in [1.29, 1.82) is 0 Å². The van der Waals surface area contributed by atoms with Gasteiger partial charge in [-0.05, 0) is 42.0 Å². The van der Waals surface area contributed by atoms with Gasteiger partial charge in [0.15, 0.2) is 11.2 Å². The number of carbonyl (C=O) groups is 2. The van der Waals surface area contributed by atoms with Gasteiger partial charge in [-0.3, -0.25) is 9.59 Å². The van der Waals surface area contributed by atoms with E-state index in [2.05, 4.69) is 30.9 Å². The lowest BCUT2D eigenvalue weighted by atomic mass is 10.2. The predicted octanol–water partition coefficient (Wildman–Crippen LogP) is 3.10. The second-order valence-corrected chi connectivity index (χ2v) is 7.78. The lowest BCUT2D eigenvalue weighted by Crippen LogP contribution is -2.14. The Balaban J connectivity index is 1.40. The summed E-state index contributed by atoms with van der Waals surface area (Å²) in [6.07, 6.45) is 1.40. The van der Waals surface area contributed by atoms with Crippen LogP contribution in [0.2, 0.25) is 0 Å². The summed E-state index contributed by atoms with van der Waals surface area (Å²) in [7, 11) is 0. The second-order valence-electron chi connectivity index (χ2n) is 6.82. The molecular weight excluding hydrogens is 433 g/mol. The molecule has 4 aromatic rings. The Labute approximate surface area is 186 Å². The molecule has 0 aliphatic carbocycles. The van der Waals surface area contributed by atoms with E-state index in [0.717, 1.165) is 5.56 Å². The number of rotatable bonds is 7. The number of anilines is 2. The molecule has 2 aromatic carbocycles. The van der Waals surface area contributed by atoms with Gasteiger partial charge in [0.1, 0.15) is 17.2 Å². The van der Waals surface area contributed by atoms with Gasteiger partial charge in [-0.15, -0.1) is 5.10 Å². The molecule has 0 radical (unpaired) electrons. The molecule has 2 heterocycles. The zero-order valence-corrected chi connectivity index (χ0v) is 17.8. The highest BCUT2D eigenvalue weighted by molar-refractivity contribution is 8.00. The van der Waals surface area contributed by atoms with Crippen LogP contribution in [0.15, 0.2) is 59.9 Å². The molecule has 0 spiro atoms. The van der Waals surface area contributed by atoms with Gasteiger partial charge in [-0.2, -0.15) is 0 Å². The fourth-order valence-electron chi connectivity index (χ4n) is 2.92. The number of nitrogens with zero attached hydrogens (tertiary/aromatic N) is 5. The summed E-state index contributed by atoms with van der Waals surface area (Å²) in [5.74, 6) is -0.568. The molecule has 0 fully saturated rings. The van der Waals surface area contributed by atoms with Crippen LogP contribution in [0.4, 0.5) is 15.8 Å². The van der Waals surface area contributed by atoms with Crippen molar-refractivity contribution in [3.63, 3.8) is 0 Å². The van der Waals surface area contributed by atoms with E-state index < -0.39 is 0 Å². The van der Waals surface area contributed by atoms with Crippen LogP contribution in [-0.4, -0.2) is 42.5 Å². The smallest absolute Gasteiger partial charge is 0.234 e. The molecule has 11 heteroatoms. The zero-order chi connectivity index (χ0) is 22.5. The van der Waals surface area contributed by atoms with Crippen LogP contribution in [0.5, 0.6) is 0 Å². The van der Waals surface area contributed by atoms with Crippen molar-refractivity contribution in [3.8, 4) is 0 Å². The number of halogens is 1. The van der Waals surface area contributed by atoms with Crippen molar-refractivity contribution in [2.75, 3.05) is 16.4 Å². The summed E-state index contributed by atoms with van der Waals surface area (Å²) in [6, 6.07) is 12.9. The first-order chi connectivity index (χ1) is 15.5. The third kappa shape index (κ3) is 5.24. The Hall–Kier alpha value is -3.86. The Kier molecular flexibility index (Phi) is 6.36. The van der Waals surface area contributed by atoms with Crippen molar-refractivity contribution < 1.29 is 14.0 Å². The third-order valence-corrected chi connectivity index (χ3v) is 5.32. The topological polar surface area (TPSA) is 115 Å². The maximum atomic E-state index is 13.1. The Bertz CT molecular complexity index is 1260. The maximum Gasteiger partial charge on any atom is 0.234 e. The third-order valence-electron chi connectivity index (χ3n) is 4.34. The Morgan fingerprint density at radius 3 is 2.38 bits per heavy atom. The molecule has 0 bridgehead atoms. The van der Waals surface area contributed by atoms with E-state index in [1.54, 1.807) is 41.1 Å². The molecule has 2 amide bonds. The average molecular weight is 451 g/mol. The molecule has 0 saturated carbocycles. The van der Waals surface area contributed by atoms with Crippen LogP contribution < -0.4 is 10.6 Å². The molecule has 0 saturated heterocycles. The molecular formula is C21H18FN7O2S. The van der Waals surface area contributed by atoms with Gasteiger partial charge in [0.05, 0.1) is 12.3 Å². The number of thioether (sulfide) groups is 1. The van der Waals surface area contributed by atoms with Gasteiger partial charge in [-0.25, -0.2) is 19.0 Å². The molecule has 32 heavy (non-hydrogen) atoms. The summed E-state index contributed by atoms with van der Waals surface area (Å²) >= 11 is 1.22. The molecule has 0 aliphatic heterocycles. The monoisotopic (exact) mass is 451 g/mol. The Morgan fingerprint density at radius 2 is 1.69 bits per heavy atom. The van der Waals surface area contributed by atoms with E-state index in [4.69, 9.17) is 0 Å². The minimum atomic E-state index is -0.305. The molecule has 0 aliphatic rings. The van der Waals surface area contributed by atoms with E-state index in [0.29, 0.717) is 34.1 Å². The zero-order valence-electron chi connectivity index (χ0n) is 16.9. The summed E-state index contributed by atoms with van der Waals surface area (Å²) in [4.78, 5) is 31.9. The average Bonchev–Trinajstić information content (AvgIpc) is 3.18. The van der Waals surface area contributed by atoms with Gasteiger partial charge in [0, 0.05) is 18.3 Å². The van der Waals surface area contributed by atoms with Crippen LogP contribution in [0.3, 0.4) is 0 Å². The second kappa shape index (κ2) is 9.52. The molecule has 9 nitrogen and oxygen atoms in total. The first-order valence-electron chi connectivity index (χ1n) is 9.57. The van der Waals surface area contributed by atoms with Gasteiger partial charge >= 0.3 is 0 Å². The maximum absolute atomic E-state index is 13.1. The minimum absolute atomic E-state index is 0.115. The first-order valence-corrected chi connectivity index (χ1v) is 10.6. The number of benzene rings is 2. The van der Waals surface area contributed by atoms with E-state index >= 15 is 0 Å². The van der Waals surface area contributed by atoms with Crippen molar-refractivity contribution in [2.45, 2.75) is 18.5 Å². The first kappa shape index (κ1) is 21.4. The predicted molar refractivity (Wildman–Crippen MR) is 119 cm³/mol. The van der Waals surface area contributed by atoms with E-state index in [-0.39, 0.29) is 23.4 Å². The van der Waals surface area contributed by atoms with Crippen LogP contribution in [-0.2, 0) is 16.1 Å². The van der Waals surface area contributed by atoms with Gasteiger partial charge < -0.3 is 10.6 Å². The standard InChI is InChI=1S/C21H18FN7O2S/c1-13(30)25-16-6-8-17(9-7-16)26-18(31)11-32-21-19-20(23-12-24-21)29(28-27-19)10-14-2-4-15(22)5-3-14/h2-9,12H,10-11H2,1H3,(H,25,30)(H,26,31). The lowest BCUT2D eigenvalue weighted by Gasteiger charge is -2.07. The highest BCUT2D eigenvalue weighted by Gasteiger charge is 2.14. The molecule has 4 rings (SSSR count). The summed E-state index contributed by atoms with van der Waals surface area (Å²) in [6.45, 7) is 1.81. The molecule has 0 atom stereocenters. The van der Waals surface area contributed by atoms with Crippen molar-refractivity contribution in [3.05, 3.63) is 66.2 Å². The highest BCUT2D eigenvalue weighted by atomic mass is 32.2. The van der Waals surface area contributed by atoms with Crippen LogP contribution in [0.1, 0.15) is 12.5 Å². The lowest BCUT2D eigenvalue weighted by molar-refractivity contribution is -0.114. The van der Waals surface area contributed by atoms with Crippen molar-refractivity contribution in [2.24, 2.45) is 0 Å². The number of hydrogen-bond donors (Lipinski definition) is 2. The number of carbonyl (C=O) groups excluding carboxylic acids is 2. The van der Waals surface area contributed by atoms with Gasteiger partial charge in [0.25, 0.3) is 0 Å². The Morgan fingerprint density at radius 1 is 1.00 bits per heavy atom. The number of nitrogens with one attached hydrogen (secondary N) is 2. The number of fused-ring (bicyclic) bond motifs is 1. The SMILES string of the molecule is CC(=O)Nc1ccc(NC(=O)CSc2ncnc3c2nnn3Cc2ccc(F)cc2)cc1. The summed E-state index contributed by atoms with van der Waals surface area (Å²) in [5, 5.41) is 14.3. The fraction of sp³-hybridized carbons (Fsp3) is 0.143. The quantitative estimate of drug-likeness (QED) is 0.328. The normalized spacial score (nSPS) is 10.8. The molecule has 2 aromatic heterocycles. The molecule has 0 unspecified atom stereocenters. The number of aromatic nitrogens is 5. The van der Waals surface area contributed by atoms with E-state index in [9.17, 15) is 14.0 Å². The van der Waals surface area contributed by atoms with E-state index in [1.807, 2.05) is 0 Å². The van der Waals surface area contributed by atoms with Gasteiger partial charge in [0.2, 0.25) is 11.8 Å². The summed E-state index contributed by atoms with van der Waals surface area (Å²) < 4.78 is 14.7. The van der Waals surface area contributed by atoms with Crippen LogP contribution in [0, 0.1) is 5.82 Å². The van der Waals surface area contributed by atoms with Crippen LogP contribution >= 0.6 is 11.8 Å². The largest absolute Gasteiger partial charge is 0.326 e. The molecule has 2 N–H and O–H groups in total. The highest BCUT2D eigenvalue weighted by Crippen LogP contribution is 2.23. The molecule has 162 valence electrons. The fourth-order valence-corrected chi connectivity index (χ4v) is 3.65. The van der Waals surface area contributed by atoms with Crippen molar-refractivity contribution in [1.82, 2.24) is 25.0 Å². The van der Waals surface area contributed by atoms with Crippen molar-refractivity contribution >= 4 is 46.1 Å². The van der Waals surface area contributed by atoms with Gasteiger partial charge in [-0.1, -0.05) is 29.1 Å². The summed E-state index contributed by atoms with van der Waals surface area (Å²) in [5.41, 5.74) is 3.14. The van der Waals surface area contributed by atoms with E-state index in [1.165, 1.54) is 37.1 Å². The minimum Gasteiger partial charge on any atom is -0.326 e.